The van der Waals surface area contributed by atoms with Crippen LogP contribution < -0.4 is 0 Å². The Kier molecular flexibility index (Phi) is 3.83. The van der Waals surface area contributed by atoms with Gasteiger partial charge in [0.05, 0.1) is 6.26 Å². The summed E-state index contributed by atoms with van der Waals surface area (Å²) < 4.78 is 25.7. The van der Waals surface area contributed by atoms with E-state index in [4.69, 9.17) is 0 Å². The molecule has 1 rings (SSSR count). The normalized spacial score (nSPS) is 17.6. The van der Waals surface area contributed by atoms with Gasteiger partial charge in [0.15, 0.2) is 5.78 Å². The van der Waals surface area contributed by atoms with Gasteiger partial charge in [-0.05, 0) is 31.3 Å². The molecule has 0 N–H and O–H groups in total. The first-order valence-electron chi connectivity index (χ1n) is 4.56. The molecule has 0 spiro atoms. The summed E-state index contributed by atoms with van der Waals surface area (Å²) in [5.74, 6) is -0.213. The number of carbonyl (C=O) groups excluding carboxylic acids is 1. The Bertz CT molecular complexity index is 340. The molecule has 0 aliphatic heterocycles. The summed E-state index contributed by atoms with van der Waals surface area (Å²) >= 11 is 0. The van der Waals surface area contributed by atoms with Crippen molar-refractivity contribution in [3.8, 4) is 0 Å². The van der Waals surface area contributed by atoms with E-state index in [2.05, 4.69) is 4.18 Å². The molecule has 0 unspecified atom stereocenters. The van der Waals surface area contributed by atoms with Crippen LogP contribution in [0.2, 0.25) is 0 Å². The quantitative estimate of drug-likeness (QED) is 0.661. The minimum atomic E-state index is -3.51. The number of ketones is 1. The van der Waals surface area contributed by atoms with Crippen molar-refractivity contribution < 1.29 is 17.4 Å². The summed E-state index contributed by atoms with van der Waals surface area (Å²) in [5, 5.41) is 0. The van der Waals surface area contributed by atoms with Crippen molar-refractivity contribution in [1.29, 1.82) is 0 Å². The molecule has 0 aromatic carbocycles. The highest BCUT2D eigenvalue weighted by atomic mass is 32.2. The molecular weight excluding hydrogens is 204 g/mol. The maximum Gasteiger partial charge on any atom is 0.264 e. The molecule has 0 saturated carbocycles. The SMILES string of the molecule is CS(=O)(=O)OCC(=O)C1=CCCCC1. The molecule has 14 heavy (non-hydrogen) atoms. The van der Waals surface area contributed by atoms with E-state index in [0.717, 1.165) is 31.9 Å². The van der Waals surface area contributed by atoms with Gasteiger partial charge in [0.2, 0.25) is 0 Å². The monoisotopic (exact) mass is 218 g/mol. The third-order valence-electron chi connectivity index (χ3n) is 2.05. The standard InChI is InChI=1S/C9H14O4S/c1-14(11,12)13-7-9(10)8-5-3-2-4-6-8/h5H,2-4,6-7H2,1H3. The van der Waals surface area contributed by atoms with Crippen LogP contribution in [0.4, 0.5) is 0 Å². The average molecular weight is 218 g/mol. The molecule has 80 valence electrons. The molecule has 0 radical (unpaired) electrons. The number of rotatable bonds is 4. The Morgan fingerprint density at radius 1 is 1.50 bits per heavy atom. The first-order chi connectivity index (χ1) is 6.49. The van der Waals surface area contributed by atoms with E-state index in [1.807, 2.05) is 6.08 Å². The number of hydrogen-bond donors (Lipinski definition) is 0. The second-order valence-electron chi connectivity index (χ2n) is 3.36. The molecule has 0 bridgehead atoms. The van der Waals surface area contributed by atoms with E-state index in [0.29, 0.717) is 5.57 Å². The molecular formula is C9H14O4S. The van der Waals surface area contributed by atoms with Crippen molar-refractivity contribution in [3.05, 3.63) is 11.6 Å². The third kappa shape index (κ3) is 4.02. The fraction of sp³-hybridized carbons (Fsp3) is 0.667. The van der Waals surface area contributed by atoms with Gasteiger partial charge in [0, 0.05) is 0 Å². The predicted octanol–water partition coefficient (Wildman–Crippen LogP) is 1.03. The molecule has 0 heterocycles. The van der Waals surface area contributed by atoms with E-state index >= 15 is 0 Å². The number of Topliss-reactive ketones (excluding diaryl/α,β-unsaturated/α-hetero) is 1. The lowest BCUT2D eigenvalue weighted by atomic mass is 9.97. The van der Waals surface area contributed by atoms with Crippen LogP contribution in [-0.4, -0.2) is 27.1 Å². The highest BCUT2D eigenvalue weighted by molar-refractivity contribution is 7.86. The van der Waals surface area contributed by atoms with Crippen molar-refractivity contribution in [2.75, 3.05) is 12.9 Å². The van der Waals surface area contributed by atoms with Gasteiger partial charge in [-0.1, -0.05) is 6.08 Å². The Hall–Kier alpha value is -0.680. The summed E-state index contributed by atoms with van der Waals surface area (Å²) in [6.45, 7) is -0.356. The van der Waals surface area contributed by atoms with Gasteiger partial charge in [0.1, 0.15) is 6.61 Å². The third-order valence-corrected chi connectivity index (χ3v) is 2.60. The van der Waals surface area contributed by atoms with Crippen molar-refractivity contribution in [2.24, 2.45) is 0 Å². The zero-order valence-electron chi connectivity index (χ0n) is 8.15. The summed E-state index contributed by atoms with van der Waals surface area (Å²) in [7, 11) is -3.51. The largest absolute Gasteiger partial charge is 0.292 e. The lowest BCUT2D eigenvalue weighted by molar-refractivity contribution is -0.117. The number of carbonyl (C=O) groups is 1. The van der Waals surface area contributed by atoms with Gasteiger partial charge in [-0.15, -0.1) is 0 Å². The predicted molar refractivity (Wildman–Crippen MR) is 52.4 cm³/mol. The van der Waals surface area contributed by atoms with Crippen molar-refractivity contribution >= 4 is 15.9 Å². The van der Waals surface area contributed by atoms with Crippen LogP contribution in [0.25, 0.3) is 0 Å². The zero-order valence-corrected chi connectivity index (χ0v) is 8.97. The van der Waals surface area contributed by atoms with Gasteiger partial charge >= 0.3 is 0 Å². The first-order valence-corrected chi connectivity index (χ1v) is 6.37. The lowest BCUT2D eigenvalue weighted by Gasteiger charge is -2.10. The Morgan fingerprint density at radius 2 is 2.21 bits per heavy atom. The molecule has 0 atom stereocenters. The molecule has 0 saturated heterocycles. The Labute approximate surface area is 84.1 Å². The summed E-state index contributed by atoms with van der Waals surface area (Å²) in [5.41, 5.74) is 0.708. The van der Waals surface area contributed by atoms with Crippen LogP contribution in [0.5, 0.6) is 0 Å². The fourth-order valence-electron chi connectivity index (χ4n) is 1.34. The van der Waals surface area contributed by atoms with Gasteiger partial charge < -0.3 is 0 Å². The van der Waals surface area contributed by atoms with Gasteiger partial charge in [-0.2, -0.15) is 8.42 Å². The molecule has 1 aliphatic rings. The van der Waals surface area contributed by atoms with Gasteiger partial charge in [-0.3, -0.25) is 8.98 Å². The maximum atomic E-state index is 11.4. The van der Waals surface area contributed by atoms with Crippen LogP contribution in [-0.2, 0) is 19.1 Å². The summed E-state index contributed by atoms with van der Waals surface area (Å²) in [6, 6.07) is 0. The first kappa shape index (κ1) is 11.4. The molecule has 0 amide bonds. The molecule has 0 aromatic heterocycles. The molecule has 0 fully saturated rings. The Morgan fingerprint density at radius 3 is 2.71 bits per heavy atom. The fourth-order valence-corrected chi connectivity index (χ4v) is 1.67. The van der Waals surface area contributed by atoms with E-state index in [9.17, 15) is 13.2 Å². The van der Waals surface area contributed by atoms with Crippen LogP contribution >= 0.6 is 0 Å². The molecule has 0 aromatic rings. The molecule has 4 nitrogen and oxygen atoms in total. The van der Waals surface area contributed by atoms with Crippen molar-refractivity contribution in [2.45, 2.75) is 25.7 Å². The van der Waals surface area contributed by atoms with E-state index in [1.165, 1.54) is 0 Å². The van der Waals surface area contributed by atoms with Crippen LogP contribution in [0.15, 0.2) is 11.6 Å². The zero-order chi connectivity index (χ0) is 10.6. The number of hydrogen-bond acceptors (Lipinski definition) is 4. The summed E-state index contributed by atoms with van der Waals surface area (Å²) in [4.78, 5) is 11.4. The highest BCUT2D eigenvalue weighted by Crippen LogP contribution is 2.18. The van der Waals surface area contributed by atoms with E-state index in [1.54, 1.807) is 0 Å². The summed E-state index contributed by atoms with van der Waals surface area (Å²) in [6.07, 6.45) is 6.55. The highest BCUT2D eigenvalue weighted by Gasteiger charge is 2.14. The van der Waals surface area contributed by atoms with Crippen LogP contribution in [0.1, 0.15) is 25.7 Å². The van der Waals surface area contributed by atoms with E-state index in [-0.39, 0.29) is 12.4 Å². The Balaban J connectivity index is 2.46. The second kappa shape index (κ2) is 4.70. The number of allylic oxidation sites excluding steroid dienone is 1. The minimum Gasteiger partial charge on any atom is -0.292 e. The smallest absolute Gasteiger partial charge is 0.264 e. The molecule has 5 heteroatoms. The lowest BCUT2D eigenvalue weighted by Crippen LogP contribution is -2.16. The van der Waals surface area contributed by atoms with E-state index < -0.39 is 10.1 Å². The van der Waals surface area contributed by atoms with Gasteiger partial charge in [0.25, 0.3) is 10.1 Å². The van der Waals surface area contributed by atoms with Crippen LogP contribution in [0.3, 0.4) is 0 Å². The topological polar surface area (TPSA) is 60.4 Å². The van der Waals surface area contributed by atoms with Crippen LogP contribution in [0, 0.1) is 0 Å². The van der Waals surface area contributed by atoms with Crippen molar-refractivity contribution in [1.82, 2.24) is 0 Å². The van der Waals surface area contributed by atoms with Gasteiger partial charge in [-0.25, -0.2) is 0 Å². The average Bonchev–Trinajstić information content (AvgIpc) is 2.14. The minimum absolute atomic E-state index is 0.213. The molecule has 1 aliphatic carbocycles. The maximum absolute atomic E-state index is 11.4. The second-order valence-corrected chi connectivity index (χ2v) is 5.01. The van der Waals surface area contributed by atoms with Crippen molar-refractivity contribution in [3.63, 3.8) is 0 Å².